The van der Waals surface area contributed by atoms with Gasteiger partial charge in [-0.1, -0.05) is 69.4 Å². The van der Waals surface area contributed by atoms with Crippen molar-refractivity contribution >= 4 is 29.0 Å². The first-order valence-electron chi connectivity index (χ1n) is 13.4. The normalized spacial score (nSPS) is 21.4. The third-order valence-corrected chi connectivity index (χ3v) is 7.45. The van der Waals surface area contributed by atoms with E-state index in [1.54, 1.807) is 40.1 Å². The molecule has 2 aliphatic rings. The van der Waals surface area contributed by atoms with Crippen molar-refractivity contribution in [2.24, 2.45) is 5.92 Å². The van der Waals surface area contributed by atoms with Gasteiger partial charge < -0.3 is 14.5 Å². The molecule has 0 bridgehead atoms. The lowest BCUT2D eigenvalue weighted by molar-refractivity contribution is -0.129. The Kier molecular flexibility index (Phi) is 8.57. The van der Waals surface area contributed by atoms with E-state index in [1.807, 2.05) is 25.1 Å². The van der Waals surface area contributed by atoms with Crippen LogP contribution in [0, 0.1) is 5.92 Å². The molecule has 0 spiro atoms. The Bertz CT molecular complexity index is 1080. The van der Waals surface area contributed by atoms with Gasteiger partial charge in [-0.2, -0.15) is 0 Å². The molecule has 0 radical (unpaired) electrons. The molecule has 2 aromatic carbocycles. The maximum absolute atomic E-state index is 13.9. The van der Waals surface area contributed by atoms with E-state index in [2.05, 4.69) is 6.92 Å². The Labute approximate surface area is 214 Å². The van der Waals surface area contributed by atoms with Crippen LogP contribution in [-0.4, -0.2) is 42.9 Å². The van der Waals surface area contributed by atoms with Crippen molar-refractivity contribution in [3.8, 4) is 0 Å². The van der Waals surface area contributed by atoms with Gasteiger partial charge in [-0.05, 0) is 43.9 Å². The number of ether oxygens (including phenoxy) is 1. The van der Waals surface area contributed by atoms with Gasteiger partial charge in [0.15, 0.2) is 5.78 Å². The number of nitrogens with zero attached hydrogens (tertiary/aromatic N) is 2. The second-order valence-corrected chi connectivity index (χ2v) is 10.1. The molecule has 2 amide bonds. The first kappa shape index (κ1) is 26.1. The Morgan fingerprint density at radius 1 is 0.944 bits per heavy atom. The summed E-state index contributed by atoms with van der Waals surface area (Å²) in [5.74, 6) is -0.0505. The molecule has 192 valence electrons. The minimum atomic E-state index is -0.478. The van der Waals surface area contributed by atoms with E-state index in [-0.39, 0.29) is 29.6 Å². The summed E-state index contributed by atoms with van der Waals surface area (Å²) >= 11 is 0. The average molecular weight is 491 g/mol. The van der Waals surface area contributed by atoms with Crippen molar-refractivity contribution in [2.45, 2.75) is 77.9 Å². The molecule has 3 atom stereocenters. The van der Waals surface area contributed by atoms with E-state index >= 15 is 0 Å². The van der Waals surface area contributed by atoms with Crippen LogP contribution in [0.1, 0.15) is 81.6 Å². The molecule has 0 aliphatic carbocycles. The third kappa shape index (κ3) is 5.54. The van der Waals surface area contributed by atoms with Gasteiger partial charge in [0.2, 0.25) is 5.91 Å². The van der Waals surface area contributed by atoms with Gasteiger partial charge in [0.05, 0.1) is 17.4 Å². The summed E-state index contributed by atoms with van der Waals surface area (Å²) in [7, 11) is 0. The summed E-state index contributed by atoms with van der Waals surface area (Å²) in [5.41, 5.74) is 2.35. The van der Waals surface area contributed by atoms with Crippen molar-refractivity contribution in [1.82, 2.24) is 0 Å². The van der Waals surface area contributed by atoms with Gasteiger partial charge in [-0.25, -0.2) is 0 Å². The van der Waals surface area contributed by atoms with Crippen LogP contribution in [0.4, 0.5) is 11.4 Å². The lowest BCUT2D eigenvalue weighted by Gasteiger charge is -2.42. The lowest BCUT2D eigenvalue weighted by Crippen LogP contribution is -2.54. The van der Waals surface area contributed by atoms with E-state index in [0.29, 0.717) is 35.7 Å². The van der Waals surface area contributed by atoms with Gasteiger partial charge in [-0.3, -0.25) is 14.4 Å². The van der Waals surface area contributed by atoms with Gasteiger partial charge in [0.1, 0.15) is 6.10 Å². The Hall–Kier alpha value is -2.99. The van der Waals surface area contributed by atoms with Gasteiger partial charge in [0.25, 0.3) is 5.91 Å². The molecule has 6 nitrogen and oxygen atoms in total. The summed E-state index contributed by atoms with van der Waals surface area (Å²) in [5, 5.41) is 0. The van der Waals surface area contributed by atoms with Crippen LogP contribution in [0.3, 0.4) is 0 Å². The molecular formula is C30H38N2O4. The highest BCUT2D eigenvalue weighted by atomic mass is 16.5. The van der Waals surface area contributed by atoms with Crippen LogP contribution in [0.25, 0.3) is 0 Å². The maximum atomic E-state index is 13.9. The molecule has 4 rings (SSSR count). The molecule has 6 heteroatoms. The van der Waals surface area contributed by atoms with Crippen LogP contribution in [0.15, 0.2) is 48.5 Å². The lowest BCUT2D eigenvalue weighted by atomic mass is 9.92. The van der Waals surface area contributed by atoms with Crippen LogP contribution >= 0.6 is 0 Å². The summed E-state index contributed by atoms with van der Waals surface area (Å²) in [6.07, 6.45) is 7.41. The molecule has 36 heavy (non-hydrogen) atoms. The van der Waals surface area contributed by atoms with Crippen molar-refractivity contribution in [2.75, 3.05) is 23.0 Å². The van der Waals surface area contributed by atoms with Crippen molar-refractivity contribution < 1.29 is 19.1 Å². The fourth-order valence-corrected chi connectivity index (χ4v) is 5.58. The van der Waals surface area contributed by atoms with Gasteiger partial charge in [0, 0.05) is 31.2 Å². The number of anilines is 2. The number of benzene rings is 2. The molecule has 0 saturated carbocycles. The number of unbranched alkanes of at least 4 members (excludes halogenated alkanes) is 4. The summed E-state index contributed by atoms with van der Waals surface area (Å²) < 4.78 is 5.99. The molecular weight excluding hydrogens is 452 g/mol. The minimum Gasteiger partial charge on any atom is -0.368 e. The summed E-state index contributed by atoms with van der Waals surface area (Å²) in [6, 6.07) is 14.2. The highest BCUT2D eigenvalue weighted by molar-refractivity contribution is 6.12. The maximum Gasteiger partial charge on any atom is 0.256 e. The minimum absolute atomic E-state index is 0.0633. The summed E-state index contributed by atoms with van der Waals surface area (Å²) in [4.78, 5) is 43.1. The molecule has 1 saturated heterocycles. The van der Waals surface area contributed by atoms with Crippen LogP contribution in [0.5, 0.6) is 0 Å². The Morgan fingerprint density at radius 2 is 1.69 bits per heavy atom. The predicted octanol–water partition coefficient (Wildman–Crippen LogP) is 5.77. The molecule has 2 aliphatic heterocycles. The number of carbonyl (C=O) groups excluding carboxylic acids is 3. The van der Waals surface area contributed by atoms with E-state index < -0.39 is 6.10 Å². The standard InChI is InChI=1S/C30H38N2O4/c1-4-5-6-7-9-14-24-17-18-36-29(24)30(35)31-20-21(2)32(22(3)33)26-16-15-25(19-27(26)31)28(34)23-12-10-8-11-13-23/h8,10-13,15-16,19,21,24,29H,4-7,9,14,17-18,20H2,1-3H3. The SMILES string of the molecule is CCCCCCCC1CCOC1C(=O)N1CC(C)N(C(C)=O)c2ccc(C(=O)c3ccccc3)cc21. The zero-order valence-corrected chi connectivity index (χ0v) is 21.7. The molecule has 3 unspecified atom stereocenters. The Morgan fingerprint density at radius 3 is 2.42 bits per heavy atom. The van der Waals surface area contributed by atoms with Crippen LogP contribution in [-0.2, 0) is 14.3 Å². The summed E-state index contributed by atoms with van der Waals surface area (Å²) in [6.45, 7) is 6.67. The van der Waals surface area contributed by atoms with E-state index in [0.717, 1.165) is 19.3 Å². The van der Waals surface area contributed by atoms with Crippen molar-refractivity contribution in [3.05, 3.63) is 59.7 Å². The van der Waals surface area contributed by atoms with E-state index in [1.165, 1.54) is 32.6 Å². The largest absolute Gasteiger partial charge is 0.368 e. The average Bonchev–Trinajstić information content (AvgIpc) is 3.35. The van der Waals surface area contributed by atoms with E-state index in [9.17, 15) is 14.4 Å². The zero-order valence-electron chi connectivity index (χ0n) is 21.7. The molecule has 1 fully saturated rings. The monoisotopic (exact) mass is 490 g/mol. The topological polar surface area (TPSA) is 66.9 Å². The van der Waals surface area contributed by atoms with Gasteiger partial charge in [-0.15, -0.1) is 0 Å². The fourth-order valence-electron chi connectivity index (χ4n) is 5.58. The van der Waals surface area contributed by atoms with Gasteiger partial charge >= 0.3 is 0 Å². The Balaban J connectivity index is 1.61. The van der Waals surface area contributed by atoms with Crippen molar-refractivity contribution in [1.29, 1.82) is 0 Å². The predicted molar refractivity (Wildman–Crippen MR) is 143 cm³/mol. The fraction of sp³-hybridized carbons (Fsp3) is 0.500. The number of ketones is 1. The molecule has 0 N–H and O–H groups in total. The van der Waals surface area contributed by atoms with Crippen LogP contribution < -0.4 is 9.80 Å². The second-order valence-electron chi connectivity index (χ2n) is 10.1. The van der Waals surface area contributed by atoms with Crippen LogP contribution in [0.2, 0.25) is 0 Å². The molecule has 2 aromatic rings. The number of hydrogen-bond acceptors (Lipinski definition) is 4. The first-order chi connectivity index (χ1) is 17.4. The smallest absolute Gasteiger partial charge is 0.256 e. The highest BCUT2D eigenvalue weighted by Gasteiger charge is 2.41. The van der Waals surface area contributed by atoms with Crippen molar-refractivity contribution in [3.63, 3.8) is 0 Å². The number of carbonyl (C=O) groups is 3. The highest BCUT2D eigenvalue weighted by Crippen LogP contribution is 2.39. The zero-order chi connectivity index (χ0) is 25.7. The number of fused-ring (bicyclic) bond motifs is 1. The quantitative estimate of drug-likeness (QED) is 0.331. The number of rotatable bonds is 9. The second kappa shape index (κ2) is 11.8. The number of amides is 2. The molecule has 0 aromatic heterocycles. The third-order valence-electron chi connectivity index (χ3n) is 7.45. The first-order valence-corrected chi connectivity index (χ1v) is 13.4. The molecule has 2 heterocycles. The number of hydrogen-bond donors (Lipinski definition) is 0. The van der Waals surface area contributed by atoms with E-state index in [4.69, 9.17) is 4.74 Å².